The van der Waals surface area contributed by atoms with Gasteiger partial charge in [0.05, 0.1) is 21.9 Å². The van der Waals surface area contributed by atoms with E-state index < -0.39 is 5.97 Å². The number of phenolic OH excluding ortho intramolecular Hbond substituents is 1. The summed E-state index contributed by atoms with van der Waals surface area (Å²) in [5.41, 5.74) is 0.662. The number of rotatable bonds is 2. The van der Waals surface area contributed by atoms with Gasteiger partial charge in [0.15, 0.2) is 10.0 Å². The quantitative estimate of drug-likeness (QED) is 0.582. The standard InChI is InChI=1S/C11H6N2O3S2.Na/c14-5-1-2-6-8(3-5)18-10(12-6)9-13-7(4-17-9)11(15)16;/h1-4,14H,(H,15,16);/q;+1/p-1. The minimum atomic E-state index is -1.30. The van der Waals surface area contributed by atoms with Crippen molar-refractivity contribution in [2.45, 2.75) is 0 Å². The van der Waals surface area contributed by atoms with Gasteiger partial charge in [-0.15, -0.1) is 22.7 Å². The van der Waals surface area contributed by atoms with Crippen LogP contribution >= 0.6 is 22.7 Å². The zero-order valence-corrected chi connectivity index (χ0v) is 13.4. The zero-order chi connectivity index (χ0) is 12.7. The summed E-state index contributed by atoms with van der Waals surface area (Å²) in [6, 6.07) is 4.88. The Hall–Kier alpha value is -0.990. The van der Waals surface area contributed by atoms with Crippen molar-refractivity contribution in [2.75, 3.05) is 0 Å². The van der Waals surface area contributed by atoms with Gasteiger partial charge < -0.3 is 15.0 Å². The number of carboxylic acids is 1. The number of phenols is 1. The molecule has 2 aromatic heterocycles. The number of aromatic nitrogens is 2. The average molecular weight is 300 g/mol. The third-order valence-electron chi connectivity index (χ3n) is 2.27. The number of carbonyl (C=O) groups excluding carboxylic acids is 1. The van der Waals surface area contributed by atoms with E-state index in [9.17, 15) is 15.0 Å². The van der Waals surface area contributed by atoms with E-state index in [0.29, 0.717) is 10.0 Å². The van der Waals surface area contributed by atoms with Crippen molar-refractivity contribution in [2.24, 2.45) is 0 Å². The van der Waals surface area contributed by atoms with Crippen LogP contribution in [0.5, 0.6) is 5.75 Å². The van der Waals surface area contributed by atoms with Crippen LogP contribution in [0.4, 0.5) is 0 Å². The molecule has 0 atom stereocenters. The average Bonchev–Trinajstić information content (AvgIpc) is 2.93. The molecular formula is C11H5N2NaO3S2. The smallest absolute Gasteiger partial charge is 0.543 e. The molecule has 90 valence electrons. The van der Waals surface area contributed by atoms with Crippen LogP contribution in [0.1, 0.15) is 10.5 Å². The summed E-state index contributed by atoms with van der Waals surface area (Å²) in [5.74, 6) is -1.12. The Bertz CT molecular complexity index is 753. The molecule has 0 amide bonds. The molecule has 0 saturated heterocycles. The number of benzene rings is 1. The monoisotopic (exact) mass is 300 g/mol. The number of hydrogen-bond donors (Lipinski definition) is 1. The molecule has 8 heteroatoms. The number of carbonyl (C=O) groups is 1. The van der Waals surface area contributed by atoms with Gasteiger partial charge in [-0.25, -0.2) is 9.97 Å². The maximum Gasteiger partial charge on any atom is 1.00 e. The molecular weight excluding hydrogens is 295 g/mol. The van der Waals surface area contributed by atoms with Gasteiger partial charge in [0, 0.05) is 5.38 Å². The van der Waals surface area contributed by atoms with Crippen molar-refractivity contribution >= 4 is 38.9 Å². The molecule has 0 aliphatic rings. The molecule has 0 bridgehead atoms. The Morgan fingerprint density at radius 3 is 2.74 bits per heavy atom. The zero-order valence-electron chi connectivity index (χ0n) is 9.78. The Balaban J connectivity index is 0.00000133. The number of carboxylic acid groups (broad SMARTS) is 1. The number of aromatic hydroxyl groups is 1. The van der Waals surface area contributed by atoms with Gasteiger partial charge in [-0.1, -0.05) is 0 Å². The number of thiazole rings is 2. The molecule has 0 unspecified atom stereocenters. The van der Waals surface area contributed by atoms with Crippen LogP contribution in [0.3, 0.4) is 0 Å². The van der Waals surface area contributed by atoms with Crippen molar-refractivity contribution in [3.63, 3.8) is 0 Å². The van der Waals surface area contributed by atoms with Gasteiger partial charge >= 0.3 is 29.6 Å². The normalized spacial score (nSPS) is 10.3. The molecule has 0 fully saturated rings. The van der Waals surface area contributed by atoms with Crippen LogP contribution in [0.15, 0.2) is 23.6 Å². The Labute approximate surface area is 137 Å². The van der Waals surface area contributed by atoms with E-state index in [2.05, 4.69) is 9.97 Å². The van der Waals surface area contributed by atoms with E-state index in [1.807, 2.05) is 0 Å². The summed E-state index contributed by atoms with van der Waals surface area (Å²) < 4.78 is 0.829. The van der Waals surface area contributed by atoms with Crippen molar-refractivity contribution in [1.29, 1.82) is 0 Å². The maximum atomic E-state index is 10.6. The Morgan fingerprint density at radius 1 is 1.26 bits per heavy atom. The number of fused-ring (bicyclic) bond motifs is 1. The first-order chi connectivity index (χ1) is 8.63. The van der Waals surface area contributed by atoms with Crippen LogP contribution in [-0.4, -0.2) is 21.0 Å². The van der Waals surface area contributed by atoms with Gasteiger partial charge in [0.1, 0.15) is 5.75 Å². The number of hydrogen-bond acceptors (Lipinski definition) is 7. The predicted molar refractivity (Wildman–Crippen MR) is 66.7 cm³/mol. The van der Waals surface area contributed by atoms with Gasteiger partial charge in [0.25, 0.3) is 0 Å². The van der Waals surface area contributed by atoms with E-state index >= 15 is 0 Å². The molecule has 1 N–H and O–H groups in total. The fourth-order valence-electron chi connectivity index (χ4n) is 1.47. The first-order valence-electron chi connectivity index (χ1n) is 4.90. The molecule has 0 radical (unpaired) electrons. The van der Waals surface area contributed by atoms with Crippen LogP contribution in [0.2, 0.25) is 0 Å². The topological polar surface area (TPSA) is 86.1 Å². The van der Waals surface area contributed by atoms with Crippen LogP contribution in [0, 0.1) is 0 Å². The van der Waals surface area contributed by atoms with Crippen LogP contribution in [0.25, 0.3) is 20.2 Å². The van der Waals surface area contributed by atoms with Gasteiger partial charge in [-0.05, 0) is 18.2 Å². The van der Waals surface area contributed by atoms with Crippen molar-refractivity contribution in [1.82, 2.24) is 9.97 Å². The molecule has 3 rings (SSSR count). The van der Waals surface area contributed by atoms with E-state index in [1.165, 1.54) is 28.1 Å². The van der Waals surface area contributed by atoms with E-state index in [4.69, 9.17) is 0 Å². The summed E-state index contributed by atoms with van der Waals surface area (Å²) in [7, 11) is 0. The first-order valence-corrected chi connectivity index (χ1v) is 6.60. The van der Waals surface area contributed by atoms with Gasteiger partial charge in [-0.3, -0.25) is 0 Å². The second kappa shape index (κ2) is 5.56. The summed E-state index contributed by atoms with van der Waals surface area (Å²) in [5, 5.41) is 22.6. The largest absolute Gasteiger partial charge is 1.00 e. The van der Waals surface area contributed by atoms with Crippen molar-refractivity contribution < 1.29 is 44.6 Å². The number of nitrogens with zero attached hydrogens (tertiary/aromatic N) is 2. The van der Waals surface area contributed by atoms with E-state index in [-0.39, 0.29) is 41.0 Å². The molecule has 0 aliphatic carbocycles. The maximum absolute atomic E-state index is 10.6. The number of aromatic carboxylic acids is 1. The fraction of sp³-hybridized carbons (Fsp3) is 0. The van der Waals surface area contributed by atoms with Gasteiger partial charge in [-0.2, -0.15) is 0 Å². The third kappa shape index (κ3) is 2.80. The summed E-state index contributed by atoms with van der Waals surface area (Å²) in [6.45, 7) is 0. The van der Waals surface area contributed by atoms with Gasteiger partial charge in [0.2, 0.25) is 0 Å². The summed E-state index contributed by atoms with van der Waals surface area (Å²) >= 11 is 2.56. The Kier molecular flexibility index (Phi) is 4.22. The second-order valence-electron chi connectivity index (χ2n) is 3.50. The van der Waals surface area contributed by atoms with Crippen molar-refractivity contribution in [3.05, 3.63) is 29.3 Å². The minimum Gasteiger partial charge on any atom is -0.543 e. The SMILES string of the molecule is O=C([O-])c1csc(-c2nc3ccc(O)cc3s2)n1.[Na+]. The molecule has 19 heavy (non-hydrogen) atoms. The molecule has 2 heterocycles. The molecule has 0 saturated carbocycles. The molecule has 1 aromatic carbocycles. The Morgan fingerprint density at radius 2 is 2.05 bits per heavy atom. The van der Waals surface area contributed by atoms with Crippen LogP contribution < -0.4 is 34.7 Å². The minimum absolute atomic E-state index is 0. The molecule has 5 nitrogen and oxygen atoms in total. The fourth-order valence-corrected chi connectivity index (χ4v) is 3.29. The van der Waals surface area contributed by atoms with E-state index in [0.717, 1.165) is 10.2 Å². The third-order valence-corrected chi connectivity index (χ3v) is 4.27. The first kappa shape index (κ1) is 14.4. The summed E-state index contributed by atoms with van der Waals surface area (Å²) in [6.07, 6.45) is 0. The molecule has 0 spiro atoms. The van der Waals surface area contributed by atoms with Crippen molar-refractivity contribution in [3.8, 4) is 15.8 Å². The van der Waals surface area contributed by atoms with E-state index in [1.54, 1.807) is 18.2 Å². The summed E-state index contributed by atoms with van der Waals surface area (Å²) in [4.78, 5) is 18.9. The second-order valence-corrected chi connectivity index (χ2v) is 5.39. The molecule has 3 aromatic rings. The van der Waals surface area contributed by atoms with Crippen LogP contribution in [-0.2, 0) is 0 Å². The predicted octanol–water partition coefficient (Wildman–Crippen LogP) is -1.51. The molecule has 0 aliphatic heterocycles.